The largest absolute Gasteiger partial charge is 0.382 e. The van der Waals surface area contributed by atoms with Crippen molar-refractivity contribution in [1.82, 2.24) is 5.48 Å². The lowest BCUT2D eigenvalue weighted by Gasteiger charge is -2.07. The van der Waals surface area contributed by atoms with Crippen molar-refractivity contribution in [3.63, 3.8) is 0 Å². The minimum atomic E-state index is -3.32. The summed E-state index contributed by atoms with van der Waals surface area (Å²) < 4.78 is 29.1. The molecule has 0 atom stereocenters. The molecule has 1 aromatic rings. The molecule has 0 aliphatic carbocycles. The minimum absolute atomic E-state index is 0.246. The standard InChI is InChI=1S/C11H16N2O5S/c1-17-7-8-18-12-11(14)9-3-5-10(6-4-9)13-19(2,15)16/h3-6,13H,7-8H2,1-2H3,(H,12,14). The molecule has 0 radical (unpaired) electrons. The molecular weight excluding hydrogens is 272 g/mol. The molecule has 8 heteroatoms. The number of amides is 1. The highest BCUT2D eigenvalue weighted by Crippen LogP contribution is 2.10. The number of nitrogens with one attached hydrogen (secondary N) is 2. The Kier molecular flexibility index (Phi) is 5.74. The van der Waals surface area contributed by atoms with Crippen molar-refractivity contribution < 1.29 is 22.8 Å². The summed E-state index contributed by atoms with van der Waals surface area (Å²) in [6.07, 6.45) is 1.05. The Hall–Kier alpha value is -1.64. The summed E-state index contributed by atoms with van der Waals surface area (Å²) >= 11 is 0. The molecule has 0 aromatic heterocycles. The summed E-state index contributed by atoms with van der Waals surface area (Å²) in [7, 11) is -1.79. The molecule has 1 amide bonds. The van der Waals surface area contributed by atoms with Gasteiger partial charge in [0.05, 0.1) is 19.5 Å². The van der Waals surface area contributed by atoms with Crippen LogP contribution in [0.1, 0.15) is 10.4 Å². The molecule has 0 heterocycles. The maximum atomic E-state index is 11.6. The second-order valence-corrected chi connectivity index (χ2v) is 5.47. The molecule has 0 spiro atoms. The number of rotatable bonds is 7. The number of hydroxylamine groups is 1. The molecule has 0 unspecified atom stereocenters. The molecule has 0 saturated carbocycles. The lowest BCUT2D eigenvalue weighted by atomic mass is 10.2. The van der Waals surface area contributed by atoms with Crippen LogP contribution >= 0.6 is 0 Å². The first-order valence-corrected chi connectivity index (χ1v) is 7.30. The van der Waals surface area contributed by atoms with Crippen LogP contribution in [0.25, 0.3) is 0 Å². The van der Waals surface area contributed by atoms with E-state index in [2.05, 4.69) is 10.2 Å². The summed E-state index contributed by atoms with van der Waals surface area (Å²) in [5.41, 5.74) is 2.99. The van der Waals surface area contributed by atoms with Crippen LogP contribution in [0.15, 0.2) is 24.3 Å². The van der Waals surface area contributed by atoms with E-state index in [-0.39, 0.29) is 6.61 Å². The van der Waals surface area contributed by atoms with Crippen LogP contribution in [-0.2, 0) is 19.6 Å². The lowest BCUT2D eigenvalue weighted by molar-refractivity contribution is 0.00889. The molecule has 19 heavy (non-hydrogen) atoms. The molecule has 0 fully saturated rings. The quantitative estimate of drug-likeness (QED) is 0.558. The summed E-state index contributed by atoms with van der Waals surface area (Å²) in [4.78, 5) is 16.5. The zero-order chi connectivity index (χ0) is 14.3. The Balaban J connectivity index is 2.53. The highest BCUT2D eigenvalue weighted by Gasteiger charge is 2.06. The minimum Gasteiger partial charge on any atom is -0.382 e. The zero-order valence-corrected chi connectivity index (χ0v) is 11.5. The molecule has 1 aromatic carbocycles. The average Bonchev–Trinajstić information content (AvgIpc) is 2.33. The average molecular weight is 288 g/mol. The molecule has 2 N–H and O–H groups in total. The Morgan fingerprint density at radius 2 is 1.84 bits per heavy atom. The van der Waals surface area contributed by atoms with E-state index in [1.807, 2.05) is 0 Å². The molecule has 0 aliphatic rings. The molecule has 0 aliphatic heterocycles. The number of hydrogen-bond acceptors (Lipinski definition) is 5. The van der Waals surface area contributed by atoms with Crippen molar-refractivity contribution in [2.24, 2.45) is 0 Å². The summed E-state index contributed by atoms with van der Waals surface area (Å²) in [5, 5.41) is 0. The number of benzene rings is 1. The van der Waals surface area contributed by atoms with Gasteiger partial charge in [-0.25, -0.2) is 13.9 Å². The van der Waals surface area contributed by atoms with Crippen molar-refractivity contribution in [2.45, 2.75) is 0 Å². The van der Waals surface area contributed by atoms with E-state index in [1.54, 1.807) is 0 Å². The first-order chi connectivity index (χ1) is 8.92. The molecule has 1 rings (SSSR count). The first kappa shape index (κ1) is 15.4. The Labute approximate surface area is 111 Å². The second-order valence-electron chi connectivity index (χ2n) is 3.72. The van der Waals surface area contributed by atoms with Crippen LogP contribution in [0.3, 0.4) is 0 Å². The molecule has 0 bridgehead atoms. The van der Waals surface area contributed by atoms with Crippen molar-refractivity contribution >= 4 is 21.6 Å². The van der Waals surface area contributed by atoms with Crippen molar-refractivity contribution in [3.05, 3.63) is 29.8 Å². The van der Waals surface area contributed by atoms with Crippen LogP contribution in [0.2, 0.25) is 0 Å². The molecule has 0 saturated heterocycles. The SMILES string of the molecule is COCCONC(=O)c1ccc(NS(C)(=O)=O)cc1. The zero-order valence-electron chi connectivity index (χ0n) is 10.7. The van der Waals surface area contributed by atoms with Crippen molar-refractivity contribution in [1.29, 1.82) is 0 Å². The van der Waals surface area contributed by atoms with Gasteiger partial charge in [-0.3, -0.25) is 14.4 Å². The third-order valence-electron chi connectivity index (χ3n) is 2.00. The third kappa shape index (κ3) is 6.18. The van der Waals surface area contributed by atoms with E-state index in [4.69, 9.17) is 9.57 Å². The number of ether oxygens (including phenoxy) is 1. The maximum Gasteiger partial charge on any atom is 0.274 e. The first-order valence-electron chi connectivity index (χ1n) is 5.41. The Morgan fingerprint density at radius 3 is 2.37 bits per heavy atom. The Morgan fingerprint density at radius 1 is 1.21 bits per heavy atom. The highest BCUT2D eigenvalue weighted by molar-refractivity contribution is 7.92. The molecule has 7 nitrogen and oxygen atoms in total. The van der Waals surface area contributed by atoms with Crippen LogP contribution < -0.4 is 10.2 Å². The molecule has 106 valence electrons. The predicted molar refractivity (Wildman–Crippen MR) is 70.2 cm³/mol. The van der Waals surface area contributed by atoms with E-state index < -0.39 is 15.9 Å². The summed E-state index contributed by atoms with van der Waals surface area (Å²) in [6, 6.07) is 5.96. The Bertz CT molecular complexity index is 512. The van der Waals surface area contributed by atoms with Gasteiger partial charge in [0, 0.05) is 18.4 Å². The summed E-state index contributed by atoms with van der Waals surface area (Å²) in [5.74, 6) is -0.415. The van der Waals surface area contributed by atoms with Gasteiger partial charge in [0.15, 0.2) is 0 Å². The van der Waals surface area contributed by atoms with Gasteiger partial charge in [0.25, 0.3) is 5.91 Å². The van der Waals surface area contributed by atoms with Gasteiger partial charge in [-0.1, -0.05) is 0 Å². The second kappa shape index (κ2) is 7.07. The van der Waals surface area contributed by atoms with Crippen molar-refractivity contribution in [3.8, 4) is 0 Å². The lowest BCUT2D eigenvalue weighted by Crippen LogP contribution is -2.25. The number of carbonyl (C=O) groups excluding carboxylic acids is 1. The fourth-order valence-electron chi connectivity index (χ4n) is 1.20. The van der Waals surface area contributed by atoms with E-state index in [9.17, 15) is 13.2 Å². The number of hydrogen-bond donors (Lipinski definition) is 2. The van der Waals surface area contributed by atoms with Crippen LogP contribution in [0.4, 0.5) is 5.69 Å². The van der Waals surface area contributed by atoms with Gasteiger partial charge in [0.2, 0.25) is 10.0 Å². The van der Waals surface area contributed by atoms with E-state index in [0.717, 1.165) is 6.26 Å². The van der Waals surface area contributed by atoms with Crippen LogP contribution in [-0.4, -0.2) is 40.9 Å². The summed E-state index contributed by atoms with van der Waals surface area (Å²) in [6.45, 7) is 0.619. The van der Waals surface area contributed by atoms with Crippen LogP contribution in [0.5, 0.6) is 0 Å². The highest BCUT2D eigenvalue weighted by atomic mass is 32.2. The smallest absolute Gasteiger partial charge is 0.274 e. The monoisotopic (exact) mass is 288 g/mol. The number of methoxy groups -OCH3 is 1. The fourth-order valence-corrected chi connectivity index (χ4v) is 1.77. The van der Waals surface area contributed by atoms with Gasteiger partial charge in [-0.15, -0.1) is 0 Å². The fraction of sp³-hybridized carbons (Fsp3) is 0.364. The predicted octanol–water partition coefficient (Wildman–Crippen LogP) is 0.366. The topological polar surface area (TPSA) is 93.7 Å². The van der Waals surface area contributed by atoms with E-state index in [0.29, 0.717) is 17.9 Å². The van der Waals surface area contributed by atoms with Crippen molar-refractivity contribution in [2.75, 3.05) is 31.3 Å². The number of sulfonamides is 1. The molecular formula is C11H16N2O5S. The number of anilines is 1. The van der Waals surface area contributed by atoms with Gasteiger partial charge in [-0.05, 0) is 24.3 Å². The van der Waals surface area contributed by atoms with Gasteiger partial charge in [-0.2, -0.15) is 0 Å². The van der Waals surface area contributed by atoms with E-state index in [1.165, 1.54) is 31.4 Å². The van der Waals surface area contributed by atoms with E-state index >= 15 is 0 Å². The van der Waals surface area contributed by atoms with Gasteiger partial charge >= 0.3 is 0 Å². The van der Waals surface area contributed by atoms with Gasteiger partial charge in [0.1, 0.15) is 0 Å². The third-order valence-corrected chi connectivity index (χ3v) is 2.61. The maximum absolute atomic E-state index is 11.6. The van der Waals surface area contributed by atoms with Crippen LogP contribution in [0, 0.1) is 0 Å². The number of carbonyl (C=O) groups is 1. The normalized spacial score (nSPS) is 11.1. The van der Waals surface area contributed by atoms with Gasteiger partial charge < -0.3 is 4.74 Å².